The van der Waals surface area contributed by atoms with Gasteiger partial charge >= 0.3 is 0 Å². The normalized spacial score (nSPS) is 21.3. The van der Waals surface area contributed by atoms with Gasteiger partial charge in [0.15, 0.2) is 11.5 Å². The number of carbonyl (C=O) groups is 1. The van der Waals surface area contributed by atoms with Crippen molar-refractivity contribution in [3.8, 4) is 11.5 Å². The second-order valence-corrected chi connectivity index (χ2v) is 9.33. The number of hydrogen-bond donors (Lipinski definition) is 1. The van der Waals surface area contributed by atoms with Crippen LogP contribution >= 0.6 is 0 Å². The molecule has 33 heavy (non-hydrogen) atoms. The summed E-state index contributed by atoms with van der Waals surface area (Å²) in [5.41, 5.74) is 1.23. The van der Waals surface area contributed by atoms with E-state index in [4.69, 9.17) is 9.47 Å². The zero-order chi connectivity index (χ0) is 22.6. The van der Waals surface area contributed by atoms with E-state index < -0.39 is 0 Å². The van der Waals surface area contributed by atoms with Gasteiger partial charge in [-0.3, -0.25) is 9.69 Å². The molecule has 1 aromatic carbocycles. The molecule has 5 rings (SSSR count). The number of rotatable bonds is 6. The van der Waals surface area contributed by atoms with Crippen LogP contribution in [0.5, 0.6) is 11.5 Å². The average Bonchev–Trinajstić information content (AvgIpc) is 3.10. The largest absolute Gasteiger partial charge is 0.486 e. The number of amides is 1. The van der Waals surface area contributed by atoms with Crippen molar-refractivity contribution in [2.75, 3.05) is 53.0 Å². The summed E-state index contributed by atoms with van der Waals surface area (Å²) in [6.45, 7) is 7.38. The minimum Gasteiger partial charge on any atom is -0.486 e. The van der Waals surface area contributed by atoms with Crippen LogP contribution in [0.15, 0.2) is 18.2 Å². The van der Waals surface area contributed by atoms with E-state index in [9.17, 15) is 4.79 Å². The highest BCUT2D eigenvalue weighted by Crippen LogP contribution is 2.31. The third-order valence-corrected chi connectivity index (χ3v) is 6.85. The van der Waals surface area contributed by atoms with Gasteiger partial charge in [-0.05, 0) is 44.1 Å². The fraction of sp³-hybridized carbons (Fsp3) is 0.625. The van der Waals surface area contributed by atoms with Crippen molar-refractivity contribution in [1.82, 2.24) is 29.9 Å². The van der Waals surface area contributed by atoms with E-state index in [1.807, 2.05) is 6.07 Å². The fourth-order valence-electron chi connectivity index (χ4n) is 5.04. The predicted molar refractivity (Wildman–Crippen MR) is 123 cm³/mol. The third-order valence-electron chi connectivity index (χ3n) is 6.85. The molecule has 3 aliphatic rings. The molecule has 3 aliphatic heterocycles. The molecule has 9 heteroatoms. The van der Waals surface area contributed by atoms with E-state index in [1.54, 1.807) is 0 Å². The number of ether oxygens (including phenoxy) is 2. The number of aromatic nitrogens is 3. The predicted octanol–water partition coefficient (Wildman–Crippen LogP) is 1.11. The van der Waals surface area contributed by atoms with Crippen LogP contribution in [0.4, 0.5) is 0 Å². The third kappa shape index (κ3) is 5.30. The molecule has 2 aromatic rings. The minimum absolute atomic E-state index is 0.105. The van der Waals surface area contributed by atoms with Crippen LogP contribution in [0.1, 0.15) is 30.1 Å². The Hall–Kier alpha value is -2.65. The Morgan fingerprint density at radius 3 is 2.88 bits per heavy atom. The van der Waals surface area contributed by atoms with Gasteiger partial charge < -0.3 is 24.3 Å². The van der Waals surface area contributed by atoms with Crippen molar-refractivity contribution in [1.29, 1.82) is 0 Å². The van der Waals surface area contributed by atoms with Gasteiger partial charge in [-0.2, -0.15) is 0 Å². The van der Waals surface area contributed by atoms with Crippen molar-refractivity contribution in [2.45, 2.75) is 38.8 Å². The molecule has 9 nitrogen and oxygen atoms in total. The van der Waals surface area contributed by atoms with E-state index in [0.29, 0.717) is 26.2 Å². The molecule has 0 saturated carbocycles. The molecule has 0 radical (unpaired) electrons. The van der Waals surface area contributed by atoms with Crippen molar-refractivity contribution < 1.29 is 14.3 Å². The lowest BCUT2D eigenvalue weighted by Crippen LogP contribution is -2.42. The second kappa shape index (κ2) is 10.1. The quantitative estimate of drug-likeness (QED) is 0.700. The van der Waals surface area contributed by atoms with Crippen LogP contribution in [0.3, 0.4) is 0 Å². The lowest BCUT2D eigenvalue weighted by molar-refractivity contribution is -0.126. The molecular weight excluding hydrogens is 420 g/mol. The zero-order valence-electron chi connectivity index (χ0n) is 19.5. The zero-order valence-corrected chi connectivity index (χ0v) is 19.5. The van der Waals surface area contributed by atoms with Crippen molar-refractivity contribution >= 4 is 5.91 Å². The van der Waals surface area contributed by atoms with Crippen LogP contribution in [0.2, 0.25) is 0 Å². The van der Waals surface area contributed by atoms with E-state index in [0.717, 1.165) is 81.7 Å². The molecule has 1 amide bonds. The van der Waals surface area contributed by atoms with Crippen LogP contribution in [-0.2, 0) is 30.7 Å². The second-order valence-electron chi connectivity index (χ2n) is 9.33. The van der Waals surface area contributed by atoms with Gasteiger partial charge in [-0.15, -0.1) is 10.2 Å². The van der Waals surface area contributed by atoms with Crippen LogP contribution < -0.4 is 14.8 Å². The Labute approximate surface area is 195 Å². The summed E-state index contributed by atoms with van der Waals surface area (Å²) < 4.78 is 13.6. The fourth-order valence-corrected chi connectivity index (χ4v) is 5.04. The van der Waals surface area contributed by atoms with E-state index >= 15 is 0 Å². The maximum atomic E-state index is 12.5. The van der Waals surface area contributed by atoms with E-state index in [-0.39, 0.29) is 11.8 Å². The van der Waals surface area contributed by atoms with Gasteiger partial charge in [-0.25, -0.2) is 0 Å². The molecule has 1 saturated heterocycles. The van der Waals surface area contributed by atoms with Gasteiger partial charge in [-0.1, -0.05) is 6.07 Å². The Morgan fingerprint density at radius 2 is 2.00 bits per heavy atom. The van der Waals surface area contributed by atoms with Gasteiger partial charge in [0.2, 0.25) is 5.91 Å². The van der Waals surface area contributed by atoms with E-state index in [2.05, 4.69) is 49.1 Å². The number of nitrogens with one attached hydrogen (secondary N) is 1. The molecule has 1 fully saturated rings. The molecule has 0 aliphatic carbocycles. The molecule has 0 bridgehead atoms. The van der Waals surface area contributed by atoms with Crippen LogP contribution in [0, 0.1) is 5.92 Å². The number of likely N-dealkylation sites (tertiary alicyclic amines) is 1. The first-order valence-corrected chi connectivity index (χ1v) is 12.1. The van der Waals surface area contributed by atoms with Gasteiger partial charge in [0.05, 0.1) is 5.92 Å². The van der Waals surface area contributed by atoms with Crippen molar-refractivity contribution in [3.63, 3.8) is 0 Å². The monoisotopic (exact) mass is 454 g/mol. The number of piperidine rings is 1. The molecule has 1 aromatic heterocycles. The summed E-state index contributed by atoms with van der Waals surface area (Å²) >= 11 is 0. The van der Waals surface area contributed by atoms with Crippen LogP contribution in [-0.4, -0.2) is 83.5 Å². The number of nitrogens with zero attached hydrogens (tertiary/aromatic N) is 5. The lowest BCUT2D eigenvalue weighted by atomic mass is 9.97. The SMILES string of the molecule is CN1CCC[C@H](C(=O)NCCc2nnc3n2CCN(Cc2ccc4c(c2)OCCO4)CC3)C1. The number of fused-ring (bicyclic) bond motifs is 2. The molecule has 178 valence electrons. The highest BCUT2D eigenvalue weighted by Gasteiger charge is 2.24. The first kappa shape index (κ1) is 22.2. The summed E-state index contributed by atoms with van der Waals surface area (Å²) in [5.74, 6) is 3.95. The highest BCUT2D eigenvalue weighted by atomic mass is 16.6. The maximum absolute atomic E-state index is 12.5. The Kier molecular flexibility index (Phi) is 6.78. The Morgan fingerprint density at radius 1 is 1.12 bits per heavy atom. The summed E-state index contributed by atoms with van der Waals surface area (Å²) in [5, 5.41) is 12.0. The summed E-state index contributed by atoms with van der Waals surface area (Å²) in [7, 11) is 2.09. The molecule has 0 unspecified atom stereocenters. The van der Waals surface area contributed by atoms with Gasteiger partial charge in [0, 0.05) is 52.1 Å². The minimum atomic E-state index is 0.105. The highest BCUT2D eigenvalue weighted by molar-refractivity contribution is 5.78. The first-order valence-electron chi connectivity index (χ1n) is 12.1. The van der Waals surface area contributed by atoms with Crippen molar-refractivity contribution in [3.05, 3.63) is 35.4 Å². The number of benzene rings is 1. The molecule has 1 N–H and O–H groups in total. The summed E-state index contributed by atoms with van der Waals surface area (Å²) in [4.78, 5) is 17.2. The number of hydrogen-bond acceptors (Lipinski definition) is 7. The molecular formula is C24H34N6O3. The molecule has 4 heterocycles. The number of carbonyl (C=O) groups excluding carboxylic acids is 1. The summed E-state index contributed by atoms with van der Waals surface area (Å²) in [6, 6.07) is 6.22. The van der Waals surface area contributed by atoms with Gasteiger partial charge in [0.25, 0.3) is 0 Å². The average molecular weight is 455 g/mol. The molecule has 0 spiro atoms. The smallest absolute Gasteiger partial charge is 0.224 e. The first-order chi connectivity index (χ1) is 16.2. The molecule has 1 atom stereocenters. The Balaban J connectivity index is 1.13. The maximum Gasteiger partial charge on any atom is 0.224 e. The van der Waals surface area contributed by atoms with Gasteiger partial charge in [0.1, 0.15) is 24.9 Å². The van der Waals surface area contributed by atoms with Crippen molar-refractivity contribution in [2.24, 2.45) is 5.92 Å². The summed E-state index contributed by atoms with van der Waals surface area (Å²) in [6.07, 6.45) is 3.66. The lowest BCUT2D eigenvalue weighted by Gasteiger charge is -2.28. The van der Waals surface area contributed by atoms with Crippen LogP contribution in [0.25, 0.3) is 0 Å². The van der Waals surface area contributed by atoms with E-state index in [1.165, 1.54) is 5.56 Å². The standard InChI is InChI=1S/C24H34N6O3/c1-28-9-2-3-19(17-28)24(31)25-8-6-22-26-27-23-7-10-29(11-12-30(22)23)16-18-4-5-20-21(15-18)33-14-13-32-20/h4-5,15,19H,2-3,6-14,16-17H2,1H3,(H,25,31)/t19-/m0/s1. The topological polar surface area (TPSA) is 84.8 Å². The Bertz CT molecular complexity index is 977.